The summed E-state index contributed by atoms with van der Waals surface area (Å²) in [6.07, 6.45) is 5.24. The summed E-state index contributed by atoms with van der Waals surface area (Å²) in [5, 5.41) is 0. The zero-order valence-corrected chi connectivity index (χ0v) is 10.7. The molecule has 100 valence electrons. The van der Waals surface area contributed by atoms with E-state index in [1.807, 2.05) is 10.6 Å². The van der Waals surface area contributed by atoms with E-state index in [-0.39, 0.29) is 5.82 Å². The number of nitrogens with two attached hydrogens (primary N) is 1. The number of hydrogen-bond donors (Lipinski definition) is 1. The van der Waals surface area contributed by atoms with Crippen molar-refractivity contribution in [1.29, 1.82) is 0 Å². The largest absolute Gasteiger partial charge is 0.384 e. The van der Waals surface area contributed by atoms with E-state index in [9.17, 15) is 4.39 Å². The molecule has 3 aromatic rings. The van der Waals surface area contributed by atoms with Crippen molar-refractivity contribution in [2.75, 3.05) is 5.73 Å². The quantitative estimate of drug-likeness (QED) is 0.794. The molecule has 0 aliphatic heterocycles. The summed E-state index contributed by atoms with van der Waals surface area (Å²) in [4.78, 5) is 8.25. The zero-order valence-electron chi connectivity index (χ0n) is 10.7. The van der Waals surface area contributed by atoms with Crippen LogP contribution in [0.3, 0.4) is 0 Å². The number of pyridine rings is 1. The van der Waals surface area contributed by atoms with E-state index in [0.717, 1.165) is 16.8 Å². The molecule has 0 aliphatic carbocycles. The average Bonchev–Trinajstić information content (AvgIpc) is 2.90. The molecule has 0 saturated carbocycles. The summed E-state index contributed by atoms with van der Waals surface area (Å²) in [6.45, 7) is 0.625. The monoisotopic (exact) mass is 268 g/mol. The minimum absolute atomic E-state index is 0.234. The van der Waals surface area contributed by atoms with E-state index in [1.54, 1.807) is 36.9 Å². The van der Waals surface area contributed by atoms with Gasteiger partial charge in [-0.3, -0.25) is 0 Å². The molecule has 2 heterocycles. The lowest BCUT2D eigenvalue weighted by molar-refractivity contribution is 0.626. The van der Waals surface area contributed by atoms with Crippen molar-refractivity contribution in [2.45, 2.75) is 6.54 Å². The van der Waals surface area contributed by atoms with Gasteiger partial charge in [-0.25, -0.2) is 14.4 Å². The number of hydrogen-bond acceptors (Lipinski definition) is 3. The third-order valence-corrected chi connectivity index (χ3v) is 3.06. The summed E-state index contributed by atoms with van der Waals surface area (Å²) in [6, 6.07) is 10.1. The number of halogens is 1. The third kappa shape index (κ3) is 2.51. The van der Waals surface area contributed by atoms with Gasteiger partial charge in [0.25, 0.3) is 0 Å². The first-order valence-electron chi connectivity index (χ1n) is 6.19. The van der Waals surface area contributed by atoms with Gasteiger partial charge in [-0.15, -0.1) is 0 Å². The number of anilines is 1. The number of benzene rings is 1. The Bertz CT molecular complexity index is 701. The molecule has 0 saturated heterocycles. The molecular formula is C15H13FN4. The molecular weight excluding hydrogens is 255 g/mol. The summed E-state index contributed by atoms with van der Waals surface area (Å²) >= 11 is 0. The number of aromatic nitrogens is 3. The van der Waals surface area contributed by atoms with Crippen LogP contribution in [0.15, 0.2) is 55.1 Å². The summed E-state index contributed by atoms with van der Waals surface area (Å²) in [5.41, 5.74) is 8.48. The highest BCUT2D eigenvalue weighted by Crippen LogP contribution is 2.19. The second-order valence-electron chi connectivity index (χ2n) is 4.50. The molecule has 0 fully saturated rings. The molecule has 2 aromatic heterocycles. The van der Waals surface area contributed by atoms with Crippen molar-refractivity contribution in [3.63, 3.8) is 0 Å². The Hall–Kier alpha value is -2.69. The van der Waals surface area contributed by atoms with Gasteiger partial charge in [-0.2, -0.15) is 0 Å². The van der Waals surface area contributed by atoms with Crippen LogP contribution >= 0.6 is 0 Å². The summed E-state index contributed by atoms with van der Waals surface area (Å²) in [5.74, 6) is 0.251. The van der Waals surface area contributed by atoms with Gasteiger partial charge in [0.2, 0.25) is 0 Å². The molecule has 3 rings (SSSR count). The average molecular weight is 268 g/mol. The smallest absolute Gasteiger partial charge is 0.123 e. The second kappa shape index (κ2) is 5.13. The van der Waals surface area contributed by atoms with Gasteiger partial charge >= 0.3 is 0 Å². The molecule has 0 radical (unpaired) electrons. The number of imidazole rings is 1. The minimum Gasteiger partial charge on any atom is -0.384 e. The maximum absolute atomic E-state index is 12.9. The molecule has 0 aliphatic rings. The molecule has 1 aromatic carbocycles. The Kier molecular flexibility index (Phi) is 3.16. The Labute approximate surface area is 115 Å². The first kappa shape index (κ1) is 12.3. The minimum atomic E-state index is -0.234. The highest BCUT2D eigenvalue weighted by atomic mass is 19.1. The standard InChI is InChI=1S/C15H13FN4/c16-13-4-1-11(2-5-13)9-20-10-18-8-14(20)12-3-6-15(17)19-7-12/h1-8,10H,9H2,(H2,17,19). The molecule has 20 heavy (non-hydrogen) atoms. The summed E-state index contributed by atoms with van der Waals surface area (Å²) in [7, 11) is 0. The van der Waals surface area contributed by atoms with Crippen LogP contribution < -0.4 is 5.73 Å². The molecule has 5 heteroatoms. The highest BCUT2D eigenvalue weighted by Gasteiger charge is 2.06. The normalized spacial score (nSPS) is 10.7. The van der Waals surface area contributed by atoms with E-state index in [2.05, 4.69) is 9.97 Å². The van der Waals surface area contributed by atoms with E-state index < -0.39 is 0 Å². The van der Waals surface area contributed by atoms with Crippen molar-refractivity contribution < 1.29 is 4.39 Å². The van der Waals surface area contributed by atoms with E-state index >= 15 is 0 Å². The zero-order chi connectivity index (χ0) is 13.9. The van der Waals surface area contributed by atoms with Crippen LogP contribution in [0.2, 0.25) is 0 Å². The van der Waals surface area contributed by atoms with Gasteiger partial charge in [0.05, 0.1) is 18.2 Å². The van der Waals surface area contributed by atoms with E-state index in [4.69, 9.17) is 5.73 Å². The van der Waals surface area contributed by atoms with Crippen molar-refractivity contribution in [3.05, 3.63) is 66.5 Å². The van der Waals surface area contributed by atoms with Crippen LogP contribution in [0.25, 0.3) is 11.3 Å². The maximum Gasteiger partial charge on any atom is 0.123 e. The fourth-order valence-electron chi connectivity index (χ4n) is 2.03. The molecule has 0 amide bonds. The Morgan fingerprint density at radius 3 is 2.55 bits per heavy atom. The maximum atomic E-state index is 12.9. The lowest BCUT2D eigenvalue weighted by atomic mass is 10.2. The lowest BCUT2D eigenvalue weighted by Crippen LogP contribution is -2.01. The van der Waals surface area contributed by atoms with Crippen LogP contribution in [0.1, 0.15) is 5.56 Å². The van der Waals surface area contributed by atoms with Gasteiger partial charge < -0.3 is 10.3 Å². The SMILES string of the molecule is Nc1ccc(-c2cncn2Cc2ccc(F)cc2)cn1. The van der Waals surface area contributed by atoms with Crippen LogP contribution in [0.4, 0.5) is 10.2 Å². The van der Waals surface area contributed by atoms with Crippen molar-refractivity contribution in [1.82, 2.24) is 14.5 Å². The Morgan fingerprint density at radius 1 is 1.05 bits per heavy atom. The number of rotatable bonds is 3. The molecule has 0 atom stereocenters. The second-order valence-corrected chi connectivity index (χ2v) is 4.50. The Balaban J connectivity index is 1.90. The topological polar surface area (TPSA) is 56.7 Å². The third-order valence-electron chi connectivity index (χ3n) is 3.06. The van der Waals surface area contributed by atoms with Gasteiger partial charge in [-0.1, -0.05) is 12.1 Å². The van der Waals surface area contributed by atoms with Gasteiger partial charge in [0.1, 0.15) is 11.6 Å². The van der Waals surface area contributed by atoms with Crippen LogP contribution in [-0.4, -0.2) is 14.5 Å². The van der Waals surface area contributed by atoms with Crippen molar-refractivity contribution in [3.8, 4) is 11.3 Å². The van der Waals surface area contributed by atoms with Gasteiger partial charge in [0, 0.05) is 18.3 Å². The van der Waals surface area contributed by atoms with Crippen LogP contribution in [0, 0.1) is 5.82 Å². The molecule has 0 spiro atoms. The summed E-state index contributed by atoms with van der Waals surface area (Å²) < 4.78 is 14.9. The Morgan fingerprint density at radius 2 is 1.85 bits per heavy atom. The first-order chi connectivity index (χ1) is 9.72. The number of nitrogens with zero attached hydrogens (tertiary/aromatic N) is 3. The predicted molar refractivity (Wildman–Crippen MR) is 75.4 cm³/mol. The van der Waals surface area contributed by atoms with Crippen LogP contribution in [0.5, 0.6) is 0 Å². The predicted octanol–water partition coefficient (Wildman–Crippen LogP) is 2.71. The highest BCUT2D eigenvalue weighted by molar-refractivity contribution is 5.59. The molecule has 0 bridgehead atoms. The van der Waals surface area contributed by atoms with Gasteiger partial charge in [0.15, 0.2) is 0 Å². The van der Waals surface area contributed by atoms with Crippen molar-refractivity contribution >= 4 is 5.82 Å². The van der Waals surface area contributed by atoms with E-state index in [1.165, 1.54) is 12.1 Å². The first-order valence-corrected chi connectivity index (χ1v) is 6.19. The number of nitrogen functional groups attached to an aromatic ring is 1. The molecule has 0 unspecified atom stereocenters. The van der Waals surface area contributed by atoms with Crippen molar-refractivity contribution in [2.24, 2.45) is 0 Å². The lowest BCUT2D eigenvalue weighted by Gasteiger charge is -2.08. The molecule has 4 nitrogen and oxygen atoms in total. The fraction of sp³-hybridized carbons (Fsp3) is 0.0667. The van der Waals surface area contributed by atoms with Gasteiger partial charge in [-0.05, 0) is 29.8 Å². The van der Waals surface area contributed by atoms with Crippen LogP contribution in [-0.2, 0) is 6.54 Å². The molecule has 2 N–H and O–H groups in total. The fourth-order valence-corrected chi connectivity index (χ4v) is 2.03. The van der Waals surface area contributed by atoms with E-state index in [0.29, 0.717) is 12.4 Å².